The Hall–Kier alpha value is -2.98. The summed E-state index contributed by atoms with van der Waals surface area (Å²) >= 11 is 0. The molecule has 4 N–H and O–H groups in total. The van der Waals surface area contributed by atoms with Crippen molar-refractivity contribution in [1.82, 2.24) is 20.3 Å². The summed E-state index contributed by atoms with van der Waals surface area (Å²) < 4.78 is 5.35. The van der Waals surface area contributed by atoms with Crippen LogP contribution < -0.4 is 20.9 Å². The van der Waals surface area contributed by atoms with Gasteiger partial charge in [0.1, 0.15) is 17.4 Å². The van der Waals surface area contributed by atoms with Crippen molar-refractivity contribution in [3.8, 4) is 5.75 Å². The lowest BCUT2D eigenvalue weighted by Crippen LogP contribution is -2.37. The Labute approximate surface area is 187 Å². The lowest BCUT2D eigenvalue weighted by atomic mass is 10.1. The molecular weight excluding hydrogens is 412 g/mol. The zero-order chi connectivity index (χ0) is 22.9. The zero-order valence-electron chi connectivity index (χ0n) is 18.7. The fourth-order valence-electron chi connectivity index (χ4n) is 3.69. The van der Waals surface area contributed by atoms with Gasteiger partial charge in [0.15, 0.2) is 0 Å². The molecule has 0 radical (unpaired) electrons. The standard InChI is InChI=1S/C22H32N6O4/c1-28-12-9-15(10-13-28)24-21-18-7-6-17(32-2)14-19(18)25-22(26-21)23-11-3-4-16(29)5-8-20(30)27-31/h6-7,14-15,31H,3-5,8-13H2,1-2H3,(H,27,30)(H2,23,24,25,26). The van der Waals surface area contributed by atoms with E-state index in [1.165, 1.54) is 5.48 Å². The van der Waals surface area contributed by atoms with E-state index in [0.29, 0.717) is 31.4 Å². The second-order valence-corrected chi connectivity index (χ2v) is 8.10. The number of methoxy groups -OCH3 is 1. The third-order valence-corrected chi connectivity index (χ3v) is 5.63. The molecule has 3 rings (SSSR count). The number of aromatic nitrogens is 2. The van der Waals surface area contributed by atoms with Crippen LogP contribution in [-0.2, 0) is 9.59 Å². The monoisotopic (exact) mass is 444 g/mol. The highest BCUT2D eigenvalue weighted by Crippen LogP contribution is 2.27. The van der Waals surface area contributed by atoms with Gasteiger partial charge in [-0.3, -0.25) is 14.8 Å². The highest BCUT2D eigenvalue weighted by Gasteiger charge is 2.19. The van der Waals surface area contributed by atoms with Crippen molar-refractivity contribution < 1.29 is 19.5 Å². The van der Waals surface area contributed by atoms with Gasteiger partial charge in [-0.15, -0.1) is 0 Å². The highest BCUT2D eigenvalue weighted by atomic mass is 16.5. The summed E-state index contributed by atoms with van der Waals surface area (Å²) in [5, 5.41) is 16.2. The Balaban J connectivity index is 1.64. The first-order chi connectivity index (χ1) is 15.5. The number of benzene rings is 1. The number of ether oxygens (including phenoxy) is 1. The minimum absolute atomic E-state index is 0.00956. The molecule has 10 heteroatoms. The van der Waals surface area contributed by atoms with Gasteiger partial charge in [-0.2, -0.15) is 4.98 Å². The van der Waals surface area contributed by atoms with E-state index in [4.69, 9.17) is 14.9 Å². The molecule has 2 heterocycles. The summed E-state index contributed by atoms with van der Waals surface area (Å²) in [6.07, 6.45) is 3.15. The molecule has 1 aromatic heterocycles. The molecule has 0 aliphatic carbocycles. The minimum Gasteiger partial charge on any atom is -0.497 e. The number of hydrogen-bond donors (Lipinski definition) is 4. The van der Waals surface area contributed by atoms with Gasteiger partial charge in [0.05, 0.1) is 12.6 Å². The fraction of sp³-hybridized carbons (Fsp3) is 0.545. The minimum atomic E-state index is -0.555. The lowest BCUT2D eigenvalue weighted by molar-refractivity contribution is -0.131. The molecule has 0 bridgehead atoms. The second-order valence-electron chi connectivity index (χ2n) is 8.10. The van der Waals surface area contributed by atoms with Crippen LogP contribution in [0.4, 0.5) is 11.8 Å². The number of likely N-dealkylation sites (tertiary alicyclic amines) is 1. The SMILES string of the molecule is COc1ccc2c(NC3CCN(C)CC3)nc(NCCCC(=O)CCC(=O)NO)nc2c1. The third kappa shape index (κ3) is 6.76. The number of nitrogens with one attached hydrogen (secondary N) is 3. The van der Waals surface area contributed by atoms with E-state index in [1.807, 2.05) is 18.2 Å². The van der Waals surface area contributed by atoms with Crippen molar-refractivity contribution in [3.63, 3.8) is 0 Å². The molecule has 32 heavy (non-hydrogen) atoms. The maximum Gasteiger partial charge on any atom is 0.243 e. The number of anilines is 2. The van der Waals surface area contributed by atoms with Crippen LogP contribution in [0.2, 0.25) is 0 Å². The van der Waals surface area contributed by atoms with Gasteiger partial charge in [0, 0.05) is 43.3 Å². The van der Waals surface area contributed by atoms with Gasteiger partial charge in [0.2, 0.25) is 11.9 Å². The van der Waals surface area contributed by atoms with E-state index in [-0.39, 0.29) is 18.6 Å². The molecule has 1 aromatic carbocycles. The summed E-state index contributed by atoms with van der Waals surface area (Å²) in [6, 6.07) is 6.11. The summed E-state index contributed by atoms with van der Waals surface area (Å²) in [5.41, 5.74) is 2.31. The Morgan fingerprint density at radius 3 is 2.69 bits per heavy atom. The van der Waals surface area contributed by atoms with Crippen molar-refractivity contribution >= 4 is 34.4 Å². The number of fused-ring (bicyclic) bond motifs is 1. The van der Waals surface area contributed by atoms with E-state index in [9.17, 15) is 9.59 Å². The van der Waals surface area contributed by atoms with E-state index in [0.717, 1.165) is 48.4 Å². The molecule has 10 nitrogen and oxygen atoms in total. The third-order valence-electron chi connectivity index (χ3n) is 5.63. The Morgan fingerprint density at radius 1 is 1.19 bits per heavy atom. The van der Waals surface area contributed by atoms with Crippen molar-refractivity contribution in [1.29, 1.82) is 0 Å². The normalized spacial score (nSPS) is 14.8. The van der Waals surface area contributed by atoms with Crippen LogP contribution in [0.1, 0.15) is 38.5 Å². The summed E-state index contributed by atoms with van der Waals surface area (Å²) in [4.78, 5) is 34.5. The number of amides is 1. The number of Topliss-reactive ketones (excluding diaryl/α,β-unsaturated/α-hetero) is 1. The molecule has 174 valence electrons. The van der Waals surface area contributed by atoms with E-state index in [2.05, 4.69) is 27.6 Å². The van der Waals surface area contributed by atoms with Gasteiger partial charge in [-0.1, -0.05) is 0 Å². The van der Waals surface area contributed by atoms with Gasteiger partial charge in [-0.05, 0) is 51.5 Å². The Kier molecular flexibility index (Phi) is 8.57. The summed E-state index contributed by atoms with van der Waals surface area (Å²) in [7, 11) is 3.76. The molecule has 0 spiro atoms. The average molecular weight is 445 g/mol. The van der Waals surface area contributed by atoms with Gasteiger partial charge >= 0.3 is 0 Å². The summed E-state index contributed by atoms with van der Waals surface area (Å²) in [6.45, 7) is 2.63. The van der Waals surface area contributed by atoms with E-state index >= 15 is 0 Å². The number of carbonyl (C=O) groups excluding carboxylic acids is 2. The van der Waals surface area contributed by atoms with Crippen molar-refractivity contribution in [2.45, 2.75) is 44.6 Å². The smallest absolute Gasteiger partial charge is 0.243 e. The number of hydroxylamine groups is 1. The number of nitrogens with zero attached hydrogens (tertiary/aromatic N) is 3. The molecule has 1 fully saturated rings. The molecule has 1 amide bonds. The van der Waals surface area contributed by atoms with Crippen LogP contribution in [0.3, 0.4) is 0 Å². The molecular formula is C22H32N6O4. The molecule has 0 unspecified atom stereocenters. The van der Waals surface area contributed by atoms with Gasteiger partial charge in [0.25, 0.3) is 0 Å². The topological polar surface area (TPSA) is 129 Å². The Morgan fingerprint density at radius 2 is 1.97 bits per heavy atom. The number of piperidine rings is 1. The highest BCUT2D eigenvalue weighted by molar-refractivity contribution is 5.91. The first-order valence-corrected chi connectivity index (χ1v) is 11.0. The van der Waals surface area contributed by atoms with Crippen LogP contribution in [0.25, 0.3) is 10.9 Å². The lowest BCUT2D eigenvalue weighted by Gasteiger charge is -2.30. The Bertz CT molecular complexity index is 930. The van der Waals surface area contributed by atoms with E-state index < -0.39 is 5.91 Å². The number of ketones is 1. The van der Waals surface area contributed by atoms with Crippen LogP contribution in [0.5, 0.6) is 5.75 Å². The van der Waals surface area contributed by atoms with E-state index in [1.54, 1.807) is 7.11 Å². The summed E-state index contributed by atoms with van der Waals surface area (Å²) in [5.74, 6) is 1.43. The van der Waals surface area contributed by atoms with Crippen molar-refractivity contribution in [2.75, 3.05) is 44.4 Å². The van der Waals surface area contributed by atoms with Gasteiger partial charge in [-0.25, -0.2) is 10.5 Å². The molecule has 0 atom stereocenters. The van der Waals surface area contributed by atoms with Crippen molar-refractivity contribution in [2.24, 2.45) is 0 Å². The molecule has 1 aliphatic heterocycles. The van der Waals surface area contributed by atoms with Crippen LogP contribution in [0, 0.1) is 0 Å². The predicted molar refractivity (Wildman–Crippen MR) is 122 cm³/mol. The second kappa shape index (κ2) is 11.6. The largest absolute Gasteiger partial charge is 0.497 e. The van der Waals surface area contributed by atoms with Crippen LogP contribution in [-0.4, -0.2) is 71.6 Å². The van der Waals surface area contributed by atoms with Gasteiger partial charge < -0.3 is 20.3 Å². The van der Waals surface area contributed by atoms with Crippen LogP contribution in [0.15, 0.2) is 18.2 Å². The molecule has 1 aliphatic rings. The number of carbonyl (C=O) groups is 2. The molecule has 2 aromatic rings. The fourth-order valence-corrected chi connectivity index (χ4v) is 3.69. The maximum atomic E-state index is 11.9. The first-order valence-electron chi connectivity index (χ1n) is 11.0. The van der Waals surface area contributed by atoms with Crippen molar-refractivity contribution in [3.05, 3.63) is 18.2 Å². The number of hydrogen-bond acceptors (Lipinski definition) is 9. The first kappa shape index (κ1) is 23.7. The quantitative estimate of drug-likeness (QED) is 0.234. The number of rotatable bonds is 11. The van der Waals surface area contributed by atoms with Crippen LogP contribution >= 0.6 is 0 Å². The maximum absolute atomic E-state index is 11.9. The molecule has 0 saturated carbocycles. The average Bonchev–Trinajstić information content (AvgIpc) is 2.81. The zero-order valence-corrected chi connectivity index (χ0v) is 18.7. The molecule has 1 saturated heterocycles. The predicted octanol–water partition coefficient (Wildman–Crippen LogP) is 2.19.